The van der Waals surface area contributed by atoms with Gasteiger partial charge in [0, 0.05) is 25.7 Å². The zero-order valence-electron chi connectivity index (χ0n) is 63.0. The number of carbonyl (C=O) groups excluding carboxylic acids is 4. The van der Waals surface area contributed by atoms with Gasteiger partial charge in [-0.2, -0.15) is 0 Å². The minimum Gasteiger partial charge on any atom is -0.462 e. The molecule has 0 aliphatic rings. The summed E-state index contributed by atoms with van der Waals surface area (Å²) in [5.74, 6) is 0.992. The number of rotatable bonds is 74. The molecule has 0 saturated carbocycles. The molecule has 0 saturated heterocycles. The van der Waals surface area contributed by atoms with Crippen molar-refractivity contribution in [2.75, 3.05) is 39.6 Å². The molecule has 0 spiro atoms. The van der Waals surface area contributed by atoms with Crippen molar-refractivity contribution >= 4 is 39.5 Å². The zero-order valence-corrected chi connectivity index (χ0v) is 64.8. The van der Waals surface area contributed by atoms with E-state index >= 15 is 0 Å². The first-order valence-electron chi connectivity index (χ1n) is 39.8. The minimum absolute atomic E-state index is 0.106. The predicted octanol–water partition coefficient (Wildman–Crippen LogP) is 22.4. The van der Waals surface area contributed by atoms with Crippen molar-refractivity contribution < 1.29 is 80.2 Å². The second-order valence-electron chi connectivity index (χ2n) is 29.2. The van der Waals surface area contributed by atoms with E-state index in [1.54, 1.807) is 0 Å². The van der Waals surface area contributed by atoms with Crippen LogP contribution in [0.15, 0.2) is 0 Å². The summed E-state index contributed by atoms with van der Waals surface area (Å²) >= 11 is 0. The fourth-order valence-electron chi connectivity index (χ4n) is 11.7. The van der Waals surface area contributed by atoms with Crippen molar-refractivity contribution in [3.8, 4) is 0 Å². The highest BCUT2D eigenvalue weighted by Crippen LogP contribution is 2.45. The molecule has 96 heavy (non-hydrogen) atoms. The van der Waals surface area contributed by atoms with E-state index in [4.69, 9.17) is 37.0 Å². The van der Waals surface area contributed by atoms with Gasteiger partial charge >= 0.3 is 39.5 Å². The third-order valence-electron chi connectivity index (χ3n) is 18.5. The SMILES string of the molecule is CCC(C)CCCCCCCCCCCCCCCCC(=O)O[C@H](COC(=O)CCCCCCCCCCCCC(C)C)COP(=O)(O)OC[C@@H](O)COP(=O)(O)OC[C@@H](COC(=O)CCCCCCCCC(C)CC)OC(=O)CCCCCCCCCCCCCCC(C)C. The molecule has 0 aromatic rings. The fraction of sp³-hybridized carbons (Fsp3) is 0.948. The van der Waals surface area contributed by atoms with Crippen LogP contribution in [-0.2, 0) is 65.4 Å². The second kappa shape index (κ2) is 66.3. The first kappa shape index (κ1) is 94.1. The van der Waals surface area contributed by atoms with E-state index in [0.29, 0.717) is 25.7 Å². The smallest absolute Gasteiger partial charge is 0.462 e. The van der Waals surface area contributed by atoms with Crippen LogP contribution in [0.25, 0.3) is 0 Å². The largest absolute Gasteiger partial charge is 0.472 e. The maximum atomic E-state index is 13.1. The number of aliphatic hydroxyl groups excluding tert-OH is 1. The maximum Gasteiger partial charge on any atom is 0.472 e. The van der Waals surface area contributed by atoms with Crippen molar-refractivity contribution in [1.29, 1.82) is 0 Å². The Hall–Kier alpha value is -1.94. The number of unbranched alkanes of at least 4 members (excludes halogenated alkanes) is 38. The minimum atomic E-state index is -4.96. The lowest BCUT2D eigenvalue weighted by Gasteiger charge is -2.21. The van der Waals surface area contributed by atoms with E-state index in [2.05, 4.69) is 55.4 Å². The van der Waals surface area contributed by atoms with Gasteiger partial charge in [0.05, 0.1) is 26.4 Å². The number of hydrogen-bond donors (Lipinski definition) is 3. The molecule has 0 amide bonds. The van der Waals surface area contributed by atoms with Crippen LogP contribution in [0.2, 0.25) is 0 Å². The molecular weight excluding hydrogens is 1260 g/mol. The van der Waals surface area contributed by atoms with Crippen molar-refractivity contribution in [3.63, 3.8) is 0 Å². The van der Waals surface area contributed by atoms with Gasteiger partial charge in [0.15, 0.2) is 12.2 Å². The van der Waals surface area contributed by atoms with E-state index in [0.717, 1.165) is 120 Å². The molecular formula is C77H150O17P2. The predicted molar refractivity (Wildman–Crippen MR) is 391 cm³/mol. The van der Waals surface area contributed by atoms with Gasteiger partial charge in [-0.05, 0) is 49.4 Å². The van der Waals surface area contributed by atoms with Gasteiger partial charge in [0.2, 0.25) is 0 Å². The summed E-state index contributed by atoms with van der Waals surface area (Å²) in [6.07, 6.45) is 51.2. The molecule has 0 aromatic heterocycles. The number of carbonyl (C=O) groups is 4. The van der Waals surface area contributed by atoms with Gasteiger partial charge in [0.25, 0.3) is 0 Å². The Morgan fingerprint density at radius 2 is 0.500 bits per heavy atom. The Labute approximate surface area is 588 Å². The van der Waals surface area contributed by atoms with Crippen molar-refractivity contribution in [2.24, 2.45) is 23.7 Å². The van der Waals surface area contributed by atoms with Gasteiger partial charge < -0.3 is 33.8 Å². The topological polar surface area (TPSA) is 237 Å². The second-order valence-corrected chi connectivity index (χ2v) is 32.1. The van der Waals surface area contributed by atoms with Crippen LogP contribution in [0.1, 0.15) is 389 Å². The summed E-state index contributed by atoms with van der Waals surface area (Å²) < 4.78 is 68.6. The van der Waals surface area contributed by atoms with E-state index in [-0.39, 0.29) is 25.7 Å². The van der Waals surface area contributed by atoms with E-state index < -0.39 is 97.5 Å². The standard InChI is InChI=1S/C77H150O17P2/c1-9-69(7)55-47-39-31-25-18-13-11-12-14-19-27-33-43-51-59-76(81)93-72(63-87-74(79)57-49-41-32-26-22-21-24-30-38-46-54-68(5)6)65-91-95(83,84)89-61-71(78)62-90-96(85,86)92-66-73(64-88-75(80)58-50-42-36-35-40-48-56-70(8)10-2)94-77(82)60-52-44-34-28-20-16-15-17-23-29-37-45-53-67(3)4/h67-73,78H,9-66H2,1-8H3,(H,83,84)(H,85,86)/t69?,70?,71-,72-,73-/m1/s1. The highest BCUT2D eigenvalue weighted by atomic mass is 31.2. The van der Waals surface area contributed by atoms with Crippen molar-refractivity contribution in [2.45, 2.75) is 408 Å². The number of esters is 4. The molecule has 0 bridgehead atoms. The first-order valence-corrected chi connectivity index (χ1v) is 42.8. The van der Waals surface area contributed by atoms with Crippen LogP contribution in [-0.4, -0.2) is 96.7 Å². The van der Waals surface area contributed by atoms with Gasteiger partial charge in [-0.1, -0.05) is 338 Å². The molecule has 3 N–H and O–H groups in total. The summed E-state index contributed by atoms with van der Waals surface area (Å²) in [4.78, 5) is 72.9. The lowest BCUT2D eigenvalue weighted by molar-refractivity contribution is -0.161. The highest BCUT2D eigenvalue weighted by molar-refractivity contribution is 7.47. The molecule has 570 valence electrons. The molecule has 0 aromatic carbocycles. The highest BCUT2D eigenvalue weighted by Gasteiger charge is 2.30. The molecule has 0 aliphatic carbocycles. The number of hydrogen-bond acceptors (Lipinski definition) is 15. The zero-order chi connectivity index (χ0) is 71.0. The van der Waals surface area contributed by atoms with Crippen molar-refractivity contribution in [1.82, 2.24) is 0 Å². The lowest BCUT2D eigenvalue weighted by atomic mass is 9.99. The summed E-state index contributed by atoms with van der Waals surface area (Å²) in [5, 5.41) is 10.6. The molecule has 7 atom stereocenters. The molecule has 4 unspecified atom stereocenters. The van der Waals surface area contributed by atoms with Crippen LogP contribution in [0.4, 0.5) is 0 Å². The molecule has 0 aliphatic heterocycles. The molecule has 19 heteroatoms. The fourth-order valence-corrected chi connectivity index (χ4v) is 13.2. The van der Waals surface area contributed by atoms with Crippen LogP contribution in [0.3, 0.4) is 0 Å². The number of aliphatic hydroxyl groups is 1. The molecule has 0 fully saturated rings. The Balaban J connectivity index is 5.25. The number of phosphoric ester groups is 2. The van der Waals surface area contributed by atoms with Gasteiger partial charge in [-0.3, -0.25) is 37.3 Å². The Morgan fingerprint density at radius 3 is 0.740 bits per heavy atom. The van der Waals surface area contributed by atoms with Crippen LogP contribution in [0.5, 0.6) is 0 Å². The third kappa shape index (κ3) is 67.9. The number of ether oxygens (including phenoxy) is 4. The van der Waals surface area contributed by atoms with Crippen LogP contribution in [0, 0.1) is 23.7 Å². The average molecular weight is 1410 g/mol. The third-order valence-corrected chi connectivity index (χ3v) is 20.4. The van der Waals surface area contributed by atoms with E-state index in [1.807, 2.05) is 0 Å². The molecule has 0 radical (unpaired) electrons. The van der Waals surface area contributed by atoms with E-state index in [9.17, 15) is 43.2 Å². The lowest BCUT2D eigenvalue weighted by Crippen LogP contribution is -2.30. The van der Waals surface area contributed by atoms with Gasteiger partial charge in [0.1, 0.15) is 19.3 Å². The van der Waals surface area contributed by atoms with Gasteiger partial charge in [-0.15, -0.1) is 0 Å². The quantitative estimate of drug-likeness (QED) is 0.0222. The first-order chi connectivity index (χ1) is 46.2. The maximum absolute atomic E-state index is 13.1. The molecule has 0 rings (SSSR count). The van der Waals surface area contributed by atoms with Crippen LogP contribution < -0.4 is 0 Å². The summed E-state index contributed by atoms with van der Waals surface area (Å²) in [5.41, 5.74) is 0. The summed E-state index contributed by atoms with van der Waals surface area (Å²) in [7, 11) is -9.92. The summed E-state index contributed by atoms with van der Waals surface area (Å²) in [6, 6.07) is 0. The normalized spacial score (nSPS) is 14.7. The van der Waals surface area contributed by atoms with Crippen LogP contribution >= 0.6 is 15.6 Å². The number of phosphoric acid groups is 2. The Morgan fingerprint density at radius 1 is 0.292 bits per heavy atom. The summed E-state index contributed by atoms with van der Waals surface area (Å²) in [6.45, 7) is 14.2. The van der Waals surface area contributed by atoms with Crippen molar-refractivity contribution in [3.05, 3.63) is 0 Å². The molecule has 0 heterocycles. The Kier molecular flexibility index (Phi) is 65.0. The average Bonchev–Trinajstić information content (AvgIpc) is 1.98. The monoisotopic (exact) mass is 1410 g/mol. The van der Waals surface area contributed by atoms with E-state index in [1.165, 1.54) is 186 Å². The Bertz CT molecular complexity index is 1890. The molecule has 17 nitrogen and oxygen atoms in total. The van der Waals surface area contributed by atoms with Gasteiger partial charge in [-0.25, -0.2) is 9.13 Å².